The molecule has 0 aliphatic rings. The summed E-state index contributed by atoms with van der Waals surface area (Å²) in [4.78, 5) is -0.139. The molecule has 0 aliphatic heterocycles. The van der Waals surface area contributed by atoms with E-state index in [9.17, 15) is 13.0 Å². The van der Waals surface area contributed by atoms with Gasteiger partial charge in [0.25, 0.3) is 0 Å². The van der Waals surface area contributed by atoms with Crippen LogP contribution in [-0.2, 0) is 10.1 Å². The van der Waals surface area contributed by atoms with E-state index in [-0.39, 0.29) is 4.90 Å². The van der Waals surface area contributed by atoms with Gasteiger partial charge in [0.1, 0.15) is 10.1 Å². The molecule has 5 heteroatoms. The fourth-order valence-electron chi connectivity index (χ4n) is 2.49. The van der Waals surface area contributed by atoms with Crippen LogP contribution in [0.3, 0.4) is 0 Å². The van der Waals surface area contributed by atoms with Crippen molar-refractivity contribution in [1.82, 2.24) is 0 Å². The second kappa shape index (κ2) is 14.1. The molecule has 0 N–H and O–H groups in total. The van der Waals surface area contributed by atoms with Gasteiger partial charge in [0.05, 0.1) is 4.90 Å². The van der Waals surface area contributed by atoms with Crippen molar-refractivity contribution in [3.8, 4) is 0 Å². The summed E-state index contributed by atoms with van der Waals surface area (Å²) in [5, 5.41) is 0. The topological polar surface area (TPSA) is 57.2 Å². The molecule has 0 unspecified atom stereocenters. The Kier molecular flexibility index (Phi) is 14.1. The molecule has 0 atom stereocenters. The van der Waals surface area contributed by atoms with Gasteiger partial charge in [-0.15, -0.1) is 0 Å². The van der Waals surface area contributed by atoms with Gasteiger partial charge in [-0.05, 0) is 18.6 Å². The zero-order valence-corrected chi connectivity index (χ0v) is 19.5. The molecule has 138 valence electrons. The van der Waals surface area contributed by atoms with E-state index in [1.165, 1.54) is 50.7 Å². The molecule has 3 nitrogen and oxygen atoms in total. The van der Waals surface area contributed by atoms with E-state index in [0.717, 1.165) is 0 Å². The van der Waals surface area contributed by atoms with Crippen LogP contribution in [0.1, 0.15) is 64.9 Å². The van der Waals surface area contributed by atoms with Gasteiger partial charge in [-0.25, -0.2) is 8.42 Å². The molecule has 1 aromatic rings. The van der Waals surface area contributed by atoms with Crippen molar-refractivity contribution in [3.63, 3.8) is 0 Å². The molecular weight excluding hydrogens is 427 g/mol. The van der Waals surface area contributed by atoms with Gasteiger partial charge in [0.15, 0.2) is 0 Å². The monoisotopic (exact) mass is 462 g/mol. The summed E-state index contributed by atoms with van der Waals surface area (Å²) in [6.45, 7) is 8.59. The van der Waals surface area contributed by atoms with Gasteiger partial charge in [-0.3, -0.25) is 0 Å². The van der Waals surface area contributed by atoms with Crippen molar-refractivity contribution in [2.75, 3.05) is 0 Å². The molecule has 0 spiro atoms. The number of rotatable bonds is 10. The zero-order valence-electron chi connectivity index (χ0n) is 15.8. The average molecular weight is 461 g/mol. The Hall–Kier alpha value is -0.0713. The van der Waals surface area contributed by atoms with E-state index >= 15 is 0 Å². The van der Waals surface area contributed by atoms with Crippen LogP contribution < -0.4 is 0 Å². The standard InChI is InChI=1S/C7H8O3S.3C4H9.Sn/c1-6-4-2-3-5-7(6)11(8,9)10;3*1-3-4-2;/h2-5H,1H3,(H,8,9,10);3*1,3-4H2,2H3;/q;;;;+1/p-1. The fraction of sp³-hybridized carbons (Fsp3) is 0.684. The van der Waals surface area contributed by atoms with Crippen molar-refractivity contribution in [3.05, 3.63) is 29.8 Å². The Morgan fingerprint density at radius 3 is 1.58 bits per heavy atom. The van der Waals surface area contributed by atoms with Crippen molar-refractivity contribution in [1.29, 1.82) is 0 Å². The Morgan fingerprint density at radius 2 is 1.29 bits per heavy atom. The first-order valence-corrected chi connectivity index (χ1v) is 16.7. The second-order valence-corrected chi connectivity index (χ2v) is 16.2. The summed E-state index contributed by atoms with van der Waals surface area (Å²) in [6.07, 6.45) is 8.85. The first-order chi connectivity index (χ1) is 11.4. The first kappa shape index (κ1) is 23.9. The van der Waals surface area contributed by atoms with Gasteiger partial charge >= 0.3 is 92.4 Å². The van der Waals surface area contributed by atoms with Crippen LogP contribution in [0.4, 0.5) is 0 Å². The van der Waals surface area contributed by atoms with Gasteiger partial charge < -0.3 is 4.55 Å². The second-order valence-electron chi connectivity index (χ2n) is 6.28. The Labute approximate surface area is 156 Å². The minimum atomic E-state index is -4.28. The summed E-state index contributed by atoms with van der Waals surface area (Å²) < 4.78 is 36.5. The number of benzene rings is 1. The summed E-state index contributed by atoms with van der Waals surface area (Å²) in [5.41, 5.74) is 0.488. The van der Waals surface area contributed by atoms with Crippen molar-refractivity contribution < 1.29 is 13.0 Å². The molecular formula is C19H34O3SSn. The van der Waals surface area contributed by atoms with Crippen LogP contribution in [-0.4, -0.2) is 32.7 Å². The van der Waals surface area contributed by atoms with E-state index in [0.29, 0.717) is 5.56 Å². The SMILES string of the molecule is CCC[CH2][Sn+]([CH2]CCC)[CH2]CCC.Cc1ccccc1S(=O)(=O)[O-]. The van der Waals surface area contributed by atoms with Crippen molar-refractivity contribution in [2.24, 2.45) is 0 Å². The average Bonchev–Trinajstić information content (AvgIpc) is 2.54. The largest absolute Gasteiger partial charge is 0.744 e. The third-order valence-electron chi connectivity index (χ3n) is 4.01. The summed E-state index contributed by atoms with van der Waals surface area (Å²) in [7, 11) is -4.28. The number of unbranched alkanes of at least 4 members (excludes halogenated alkanes) is 3. The van der Waals surface area contributed by atoms with E-state index in [2.05, 4.69) is 20.8 Å². The predicted molar refractivity (Wildman–Crippen MR) is 104 cm³/mol. The molecule has 0 aromatic heterocycles. The van der Waals surface area contributed by atoms with Gasteiger partial charge in [0.2, 0.25) is 0 Å². The normalized spacial score (nSPS) is 10.9. The van der Waals surface area contributed by atoms with Crippen LogP contribution in [0, 0.1) is 6.92 Å². The molecule has 0 fully saturated rings. The van der Waals surface area contributed by atoms with E-state index in [1.54, 1.807) is 32.4 Å². The quantitative estimate of drug-likeness (QED) is 0.328. The maximum absolute atomic E-state index is 10.5. The predicted octanol–water partition coefficient (Wildman–Crippen LogP) is 5.78. The molecule has 0 saturated heterocycles. The molecule has 0 amide bonds. The van der Waals surface area contributed by atoms with Crippen LogP contribution >= 0.6 is 0 Å². The third-order valence-corrected chi connectivity index (χ3v) is 14.1. The van der Waals surface area contributed by atoms with Crippen molar-refractivity contribution in [2.45, 2.75) is 84.4 Å². The van der Waals surface area contributed by atoms with Gasteiger partial charge in [-0.2, -0.15) is 0 Å². The maximum atomic E-state index is 10.5. The Bertz CT molecular complexity index is 510. The first-order valence-electron chi connectivity index (χ1n) is 9.21. The molecule has 0 bridgehead atoms. The van der Waals surface area contributed by atoms with Gasteiger partial charge in [-0.1, -0.05) is 18.2 Å². The van der Waals surface area contributed by atoms with E-state index in [4.69, 9.17) is 0 Å². The van der Waals surface area contributed by atoms with Gasteiger partial charge in [0, 0.05) is 0 Å². The maximum Gasteiger partial charge on any atom is 0.124 e. The zero-order chi connectivity index (χ0) is 18.4. The molecule has 1 rings (SSSR count). The Morgan fingerprint density at radius 1 is 0.875 bits per heavy atom. The van der Waals surface area contributed by atoms with Crippen molar-refractivity contribution >= 4 is 29.9 Å². The molecule has 0 aliphatic carbocycles. The minimum Gasteiger partial charge on any atom is -0.744 e. The molecule has 0 heterocycles. The minimum absolute atomic E-state index is 0.139. The fourth-order valence-corrected chi connectivity index (χ4v) is 12.6. The number of hydrogen-bond acceptors (Lipinski definition) is 3. The number of aryl methyl sites for hydroxylation is 1. The Balaban J connectivity index is 0.000000446. The van der Waals surface area contributed by atoms with Crippen LogP contribution in [0.5, 0.6) is 0 Å². The summed E-state index contributed by atoms with van der Waals surface area (Å²) in [6, 6.07) is 6.10. The summed E-state index contributed by atoms with van der Waals surface area (Å²) >= 11 is -0.839. The summed E-state index contributed by atoms with van der Waals surface area (Å²) in [5.74, 6) is 0. The number of hydrogen-bond donors (Lipinski definition) is 0. The van der Waals surface area contributed by atoms with E-state index < -0.39 is 29.9 Å². The molecule has 0 radical (unpaired) electrons. The third kappa shape index (κ3) is 11.5. The molecule has 1 aromatic carbocycles. The van der Waals surface area contributed by atoms with Crippen LogP contribution in [0.25, 0.3) is 0 Å². The molecule has 24 heavy (non-hydrogen) atoms. The van der Waals surface area contributed by atoms with Crippen LogP contribution in [0.2, 0.25) is 13.3 Å². The van der Waals surface area contributed by atoms with E-state index in [1.807, 2.05) is 0 Å². The smallest absolute Gasteiger partial charge is 0.124 e. The van der Waals surface area contributed by atoms with Crippen LogP contribution in [0.15, 0.2) is 29.2 Å². The molecule has 0 saturated carbocycles.